The molecule has 0 aliphatic rings. The maximum Gasteiger partial charge on any atom is 0.325 e. The van der Waals surface area contributed by atoms with E-state index in [-0.39, 0.29) is 6.54 Å². The summed E-state index contributed by atoms with van der Waals surface area (Å²) in [5, 5.41) is 5.00. The van der Waals surface area contributed by atoms with E-state index in [1.54, 1.807) is 48.5 Å². The van der Waals surface area contributed by atoms with E-state index < -0.39 is 24.4 Å². The summed E-state index contributed by atoms with van der Waals surface area (Å²) in [5.74, 6) is -0.651. The summed E-state index contributed by atoms with van der Waals surface area (Å²) in [7, 11) is 2.98. The minimum atomic E-state index is -0.724. The highest BCUT2D eigenvalue weighted by Gasteiger charge is 2.11. The maximum absolute atomic E-state index is 11.9. The normalized spacial score (nSPS) is 9.85. The number of hydrogen-bond acceptors (Lipinski definition) is 6. The van der Waals surface area contributed by atoms with Crippen molar-refractivity contribution in [2.24, 2.45) is 0 Å². The number of carbonyl (C=O) groups excluding carboxylic acids is 3. The van der Waals surface area contributed by atoms with Gasteiger partial charge in [0.05, 0.1) is 14.2 Å². The number of carbonyl (C=O) groups is 3. The molecular formula is C19H20N2O6. The van der Waals surface area contributed by atoms with Crippen LogP contribution in [0.1, 0.15) is 10.4 Å². The molecule has 0 saturated carbocycles. The Morgan fingerprint density at radius 2 is 1.56 bits per heavy atom. The molecule has 0 heterocycles. The minimum Gasteiger partial charge on any atom is -0.497 e. The number of ether oxygens (including phenoxy) is 3. The average molecular weight is 372 g/mol. The van der Waals surface area contributed by atoms with Gasteiger partial charge in [-0.15, -0.1) is 0 Å². The number of methoxy groups -OCH3 is 2. The topological polar surface area (TPSA) is 103 Å². The molecule has 8 heteroatoms. The molecule has 0 radical (unpaired) electrons. The summed E-state index contributed by atoms with van der Waals surface area (Å²) < 4.78 is 15.1. The van der Waals surface area contributed by atoms with Gasteiger partial charge in [-0.25, -0.2) is 0 Å². The van der Waals surface area contributed by atoms with Gasteiger partial charge >= 0.3 is 5.97 Å². The molecule has 142 valence electrons. The number of amides is 2. The molecule has 0 aromatic heterocycles. The molecule has 0 atom stereocenters. The highest BCUT2D eigenvalue weighted by atomic mass is 16.5. The van der Waals surface area contributed by atoms with E-state index in [0.717, 1.165) is 0 Å². The largest absolute Gasteiger partial charge is 0.497 e. The molecular weight excluding hydrogens is 352 g/mol. The van der Waals surface area contributed by atoms with Crippen LogP contribution in [-0.4, -0.2) is 45.2 Å². The number of rotatable bonds is 8. The minimum absolute atomic E-state index is 0.339. The lowest BCUT2D eigenvalue weighted by molar-refractivity contribution is -0.146. The molecule has 0 fully saturated rings. The van der Waals surface area contributed by atoms with Gasteiger partial charge in [-0.2, -0.15) is 0 Å². The van der Waals surface area contributed by atoms with Gasteiger partial charge in [-0.3, -0.25) is 14.4 Å². The zero-order valence-corrected chi connectivity index (χ0v) is 15.0. The zero-order valence-electron chi connectivity index (χ0n) is 15.0. The van der Waals surface area contributed by atoms with E-state index >= 15 is 0 Å². The first-order valence-electron chi connectivity index (χ1n) is 8.03. The highest BCUT2D eigenvalue weighted by molar-refractivity contribution is 5.96. The van der Waals surface area contributed by atoms with Crippen LogP contribution >= 0.6 is 0 Å². The van der Waals surface area contributed by atoms with Crippen LogP contribution in [0, 0.1) is 0 Å². The van der Waals surface area contributed by atoms with E-state index in [0.29, 0.717) is 22.7 Å². The number of nitrogens with one attached hydrogen (secondary N) is 2. The quantitative estimate of drug-likeness (QED) is 0.683. The van der Waals surface area contributed by atoms with E-state index in [4.69, 9.17) is 14.2 Å². The smallest absolute Gasteiger partial charge is 0.325 e. The van der Waals surface area contributed by atoms with Gasteiger partial charge in [0.1, 0.15) is 18.0 Å². The van der Waals surface area contributed by atoms with Crippen molar-refractivity contribution in [3.8, 4) is 11.5 Å². The highest BCUT2D eigenvalue weighted by Crippen LogP contribution is 2.25. The van der Waals surface area contributed by atoms with Gasteiger partial charge in [0, 0.05) is 29.4 Å². The van der Waals surface area contributed by atoms with E-state index in [1.165, 1.54) is 14.2 Å². The third kappa shape index (κ3) is 6.35. The number of esters is 1. The second-order valence-corrected chi connectivity index (χ2v) is 5.36. The third-order valence-electron chi connectivity index (χ3n) is 3.43. The zero-order chi connectivity index (χ0) is 19.6. The molecule has 2 aromatic rings. The van der Waals surface area contributed by atoms with Crippen LogP contribution < -0.4 is 20.1 Å². The maximum atomic E-state index is 11.9. The molecule has 2 aromatic carbocycles. The number of anilines is 1. The van der Waals surface area contributed by atoms with Gasteiger partial charge in [-0.05, 0) is 12.1 Å². The molecule has 0 aliphatic carbocycles. The number of benzene rings is 2. The Labute approximate surface area is 156 Å². The summed E-state index contributed by atoms with van der Waals surface area (Å²) in [6, 6.07) is 13.3. The van der Waals surface area contributed by atoms with Gasteiger partial charge < -0.3 is 24.8 Å². The SMILES string of the molecule is COc1cc(NC(=O)COC(=O)CNC(=O)c2ccccc2)cc(OC)c1. The van der Waals surface area contributed by atoms with Gasteiger partial charge in [0.2, 0.25) is 0 Å². The Balaban J connectivity index is 1.78. The lowest BCUT2D eigenvalue weighted by atomic mass is 10.2. The third-order valence-corrected chi connectivity index (χ3v) is 3.43. The Bertz CT molecular complexity index is 785. The predicted molar refractivity (Wildman–Crippen MR) is 97.9 cm³/mol. The van der Waals surface area contributed by atoms with Crippen LogP contribution in [0.3, 0.4) is 0 Å². The van der Waals surface area contributed by atoms with E-state index in [2.05, 4.69) is 10.6 Å². The van der Waals surface area contributed by atoms with Gasteiger partial charge in [0.15, 0.2) is 6.61 Å². The second kappa shape index (κ2) is 9.81. The van der Waals surface area contributed by atoms with Crippen molar-refractivity contribution >= 4 is 23.5 Å². The fraction of sp³-hybridized carbons (Fsp3) is 0.211. The van der Waals surface area contributed by atoms with Crippen molar-refractivity contribution in [2.45, 2.75) is 0 Å². The molecule has 2 rings (SSSR count). The van der Waals surface area contributed by atoms with Crippen LogP contribution in [0.25, 0.3) is 0 Å². The Morgan fingerprint density at radius 1 is 0.926 bits per heavy atom. The fourth-order valence-electron chi connectivity index (χ4n) is 2.12. The Hall–Kier alpha value is -3.55. The molecule has 0 aliphatic heterocycles. The van der Waals surface area contributed by atoms with Gasteiger partial charge in [-0.1, -0.05) is 18.2 Å². The average Bonchev–Trinajstić information content (AvgIpc) is 2.70. The molecule has 2 N–H and O–H groups in total. The Kier molecular flexibility index (Phi) is 7.18. The molecule has 27 heavy (non-hydrogen) atoms. The molecule has 0 spiro atoms. The van der Waals surface area contributed by atoms with E-state index in [9.17, 15) is 14.4 Å². The second-order valence-electron chi connectivity index (χ2n) is 5.36. The monoisotopic (exact) mass is 372 g/mol. The standard InChI is InChI=1S/C19H20N2O6/c1-25-15-8-14(9-16(10-15)26-2)21-17(22)12-27-18(23)11-20-19(24)13-6-4-3-5-7-13/h3-10H,11-12H2,1-2H3,(H,20,24)(H,21,22). The fourth-order valence-corrected chi connectivity index (χ4v) is 2.12. The summed E-state index contributed by atoms with van der Waals surface area (Å²) in [4.78, 5) is 35.4. The molecule has 0 unspecified atom stereocenters. The molecule has 8 nitrogen and oxygen atoms in total. The first kappa shape index (κ1) is 19.8. The van der Waals surface area contributed by atoms with Crippen LogP contribution in [0.2, 0.25) is 0 Å². The van der Waals surface area contributed by atoms with E-state index in [1.807, 2.05) is 0 Å². The first-order chi connectivity index (χ1) is 13.0. The van der Waals surface area contributed by atoms with Crippen molar-refractivity contribution in [1.82, 2.24) is 5.32 Å². The lowest BCUT2D eigenvalue weighted by Crippen LogP contribution is -2.32. The van der Waals surface area contributed by atoms with Crippen LogP contribution in [0.15, 0.2) is 48.5 Å². The molecule has 0 bridgehead atoms. The van der Waals surface area contributed by atoms with Crippen molar-refractivity contribution in [3.05, 3.63) is 54.1 Å². The van der Waals surface area contributed by atoms with Crippen molar-refractivity contribution in [2.75, 3.05) is 32.7 Å². The summed E-state index contributed by atoms with van der Waals surface area (Å²) in [5.41, 5.74) is 0.861. The molecule has 2 amide bonds. The van der Waals surface area contributed by atoms with Crippen LogP contribution in [0.4, 0.5) is 5.69 Å². The molecule has 0 saturated heterocycles. The van der Waals surface area contributed by atoms with Crippen LogP contribution in [0.5, 0.6) is 11.5 Å². The number of hydrogen-bond donors (Lipinski definition) is 2. The van der Waals surface area contributed by atoms with Crippen LogP contribution in [-0.2, 0) is 14.3 Å². The lowest BCUT2D eigenvalue weighted by Gasteiger charge is -2.10. The van der Waals surface area contributed by atoms with Crippen molar-refractivity contribution < 1.29 is 28.6 Å². The summed E-state index contributed by atoms with van der Waals surface area (Å²) in [6.45, 7) is -0.826. The summed E-state index contributed by atoms with van der Waals surface area (Å²) in [6.07, 6.45) is 0. The summed E-state index contributed by atoms with van der Waals surface area (Å²) >= 11 is 0. The van der Waals surface area contributed by atoms with Crippen molar-refractivity contribution in [3.63, 3.8) is 0 Å². The van der Waals surface area contributed by atoms with Crippen molar-refractivity contribution in [1.29, 1.82) is 0 Å². The van der Waals surface area contributed by atoms with Gasteiger partial charge in [0.25, 0.3) is 11.8 Å². The predicted octanol–water partition coefficient (Wildman–Crippen LogP) is 1.62. The first-order valence-corrected chi connectivity index (χ1v) is 8.03. The Morgan fingerprint density at radius 3 is 2.15 bits per heavy atom.